The number of aromatic nitrogens is 3. The van der Waals surface area contributed by atoms with Gasteiger partial charge in [0.05, 0.1) is 29.7 Å². The molecule has 1 fully saturated rings. The van der Waals surface area contributed by atoms with Crippen molar-refractivity contribution in [3.05, 3.63) is 47.7 Å². The van der Waals surface area contributed by atoms with Gasteiger partial charge < -0.3 is 10.1 Å². The molecule has 1 aliphatic rings. The molecule has 2 aromatic heterocycles. The van der Waals surface area contributed by atoms with Crippen LogP contribution in [0.4, 0.5) is 23.2 Å². The molecule has 0 unspecified atom stereocenters. The van der Waals surface area contributed by atoms with E-state index in [0.717, 1.165) is 43.9 Å². The summed E-state index contributed by atoms with van der Waals surface area (Å²) in [5.41, 5.74) is -1.12. The molecule has 3 aromatic rings. The summed E-state index contributed by atoms with van der Waals surface area (Å²) in [6.07, 6.45) is -1.03. The Bertz CT molecular complexity index is 1150. The van der Waals surface area contributed by atoms with E-state index in [4.69, 9.17) is 4.74 Å². The average Bonchev–Trinajstić information content (AvgIpc) is 3.08. The molecule has 1 saturated carbocycles. The van der Waals surface area contributed by atoms with Crippen LogP contribution < -0.4 is 10.1 Å². The molecule has 0 bridgehead atoms. The summed E-state index contributed by atoms with van der Waals surface area (Å²) in [6, 6.07) is 5.87. The maximum atomic E-state index is 15.2. The van der Waals surface area contributed by atoms with Gasteiger partial charge in [-0.3, -0.25) is 4.79 Å². The number of nitrogens with one attached hydrogen (secondary N) is 1. The Kier molecular flexibility index (Phi) is 5.79. The third-order valence-electron chi connectivity index (χ3n) is 5.81. The summed E-state index contributed by atoms with van der Waals surface area (Å²) in [5, 5.41) is 7.06. The number of ether oxygens (including phenoxy) is 1. The van der Waals surface area contributed by atoms with E-state index in [9.17, 15) is 18.0 Å². The van der Waals surface area contributed by atoms with Crippen LogP contribution in [0.2, 0.25) is 0 Å². The van der Waals surface area contributed by atoms with E-state index in [0.29, 0.717) is 11.4 Å². The molecule has 0 saturated heterocycles. The lowest BCUT2D eigenvalue weighted by atomic mass is 9.87. The van der Waals surface area contributed by atoms with Crippen LogP contribution in [0.3, 0.4) is 0 Å². The first-order chi connectivity index (χ1) is 15.2. The van der Waals surface area contributed by atoms with Gasteiger partial charge in [0.2, 0.25) is 5.95 Å². The minimum atomic E-state index is -4.68. The number of fused-ring (bicyclic) bond motifs is 1. The van der Waals surface area contributed by atoms with E-state index >= 15 is 4.39 Å². The highest BCUT2D eigenvalue weighted by molar-refractivity contribution is 6.05. The quantitative estimate of drug-likeness (QED) is 0.526. The molecule has 0 spiro atoms. The summed E-state index contributed by atoms with van der Waals surface area (Å²) in [5.74, 6) is -0.580. The zero-order chi connectivity index (χ0) is 23.0. The fourth-order valence-electron chi connectivity index (χ4n) is 4.00. The Labute approximate surface area is 181 Å². The van der Waals surface area contributed by atoms with E-state index in [1.165, 1.54) is 23.9 Å². The molecule has 6 nitrogen and oxygen atoms in total. The van der Waals surface area contributed by atoms with Crippen molar-refractivity contribution in [2.24, 2.45) is 5.92 Å². The number of carbonyl (C=O) groups is 1. The topological polar surface area (TPSA) is 69.0 Å². The predicted molar refractivity (Wildman–Crippen MR) is 110 cm³/mol. The second-order valence-electron chi connectivity index (χ2n) is 8.08. The van der Waals surface area contributed by atoms with Crippen LogP contribution in [0.5, 0.6) is 5.75 Å². The maximum absolute atomic E-state index is 15.2. The zero-order valence-corrected chi connectivity index (χ0v) is 17.5. The van der Waals surface area contributed by atoms with Crippen LogP contribution in [0, 0.1) is 11.9 Å². The molecule has 32 heavy (non-hydrogen) atoms. The Hall–Kier alpha value is -3.17. The van der Waals surface area contributed by atoms with E-state index in [1.54, 1.807) is 0 Å². The number of pyridine rings is 1. The van der Waals surface area contributed by atoms with Crippen molar-refractivity contribution < 1.29 is 27.1 Å². The third-order valence-corrected chi connectivity index (χ3v) is 5.81. The van der Waals surface area contributed by atoms with Crippen molar-refractivity contribution in [1.29, 1.82) is 0 Å². The van der Waals surface area contributed by atoms with Gasteiger partial charge in [-0.05, 0) is 49.8 Å². The lowest BCUT2D eigenvalue weighted by molar-refractivity contribution is -0.141. The second kappa shape index (κ2) is 8.40. The van der Waals surface area contributed by atoms with Crippen molar-refractivity contribution >= 4 is 22.5 Å². The first-order valence-corrected chi connectivity index (χ1v) is 10.3. The van der Waals surface area contributed by atoms with E-state index < -0.39 is 29.4 Å². The van der Waals surface area contributed by atoms with Crippen molar-refractivity contribution in [1.82, 2.24) is 14.8 Å². The number of rotatable bonds is 4. The number of halogens is 4. The van der Waals surface area contributed by atoms with Crippen molar-refractivity contribution in [2.45, 2.75) is 44.8 Å². The Morgan fingerprint density at radius 1 is 1.19 bits per heavy atom. The third kappa shape index (κ3) is 4.26. The Balaban J connectivity index is 1.65. The maximum Gasteiger partial charge on any atom is 0.433 e. The summed E-state index contributed by atoms with van der Waals surface area (Å²) in [6.45, 7) is 2.17. The van der Waals surface area contributed by atoms with Gasteiger partial charge in [-0.1, -0.05) is 13.0 Å². The fraction of sp³-hybridized carbons (Fsp3) is 0.409. The van der Waals surface area contributed by atoms with Crippen LogP contribution in [-0.2, 0) is 6.18 Å². The number of hydrogen-bond donors (Lipinski definition) is 1. The molecule has 1 amide bonds. The monoisotopic (exact) mass is 450 g/mol. The number of alkyl halides is 3. The fourth-order valence-corrected chi connectivity index (χ4v) is 4.00. The summed E-state index contributed by atoms with van der Waals surface area (Å²) >= 11 is 0. The standard InChI is InChI=1S/C22H22F4N4O2/c1-12-6-8-13(9-7-12)30-20(23)14-10-17(18(32-2)11-16(14)29-30)28-21(31)15-4-3-5-19(27-15)22(24,25)26/h3-5,10-13H,6-9H2,1-2H3,(H,28,31)/t12-,13-. The van der Waals surface area contributed by atoms with Crippen molar-refractivity contribution in [3.8, 4) is 5.75 Å². The van der Waals surface area contributed by atoms with Crippen LogP contribution in [0.1, 0.15) is 54.8 Å². The lowest BCUT2D eigenvalue weighted by Crippen LogP contribution is -2.19. The van der Waals surface area contributed by atoms with Crippen LogP contribution in [0.25, 0.3) is 10.9 Å². The van der Waals surface area contributed by atoms with Crippen LogP contribution in [-0.4, -0.2) is 27.8 Å². The molecule has 4 rings (SSSR count). The second-order valence-corrected chi connectivity index (χ2v) is 8.08. The van der Waals surface area contributed by atoms with Gasteiger partial charge in [0.15, 0.2) is 0 Å². The SMILES string of the molecule is COc1cc2nn([C@H]3CC[C@H](C)CC3)c(F)c2cc1NC(=O)c1cccc(C(F)(F)F)n1. The van der Waals surface area contributed by atoms with Gasteiger partial charge in [-0.15, -0.1) is 0 Å². The molecule has 1 aliphatic carbocycles. The molecule has 0 radical (unpaired) electrons. The minimum absolute atomic E-state index is 0.0445. The highest BCUT2D eigenvalue weighted by Gasteiger charge is 2.33. The van der Waals surface area contributed by atoms with Gasteiger partial charge in [0.25, 0.3) is 5.91 Å². The zero-order valence-electron chi connectivity index (χ0n) is 17.5. The highest BCUT2D eigenvalue weighted by atomic mass is 19.4. The lowest BCUT2D eigenvalue weighted by Gasteiger charge is -2.26. The minimum Gasteiger partial charge on any atom is -0.494 e. The van der Waals surface area contributed by atoms with Crippen molar-refractivity contribution in [3.63, 3.8) is 0 Å². The summed E-state index contributed by atoms with van der Waals surface area (Å²) < 4.78 is 60.6. The smallest absolute Gasteiger partial charge is 0.433 e. The average molecular weight is 450 g/mol. The molecular weight excluding hydrogens is 428 g/mol. The van der Waals surface area contributed by atoms with Gasteiger partial charge in [-0.25, -0.2) is 9.67 Å². The van der Waals surface area contributed by atoms with E-state index in [1.807, 2.05) is 0 Å². The Morgan fingerprint density at radius 2 is 1.91 bits per heavy atom. The molecule has 0 aliphatic heterocycles. The number of methoxy groups -OCH3 is 1. The molecule has 0 atom stereocenters. The first-order valence-electron chi connectivity index (χ1n) is 10.3. The van der Waals surface area contributed by atoms with Crippen LogP contribution >= 0.6 is 0 Å². The molecule has 1 N–H and O–H groups in total. The van der Waals surface area contributed by atoms with E-state index in [-0.39, 0.29) is 22.9 Å². The van der Waals surface area contributed by atoms with Crippen molar-refractivity contribution in [2.75, 3.05) is 12.4 Å². The van der Waals surface area contributed by atoms with Gasteiger partial charge in [0.1, 0.15) is 17.1 Å². The molecule has 1 aromatic carbocycles. The Morgan fingerprint density at radius 3 is 2.56 bits per heavy atom. The number of amides is 1. The van der Waals surface area contributed by atoms with Crippen LogP contribution in [0.15, 0.2) is 30.3 Å². The molecule has 2 heterocycles. The summed E-state index contributed by atoms with van der Waals surface area (Å²) in [4.78, 5) is 15.9. The number of nitrogens with zero attached hydrogens (tertiary/aromatic N) is 3. The van der Waals surface area contributed by atoms with Gasteiger partial charge in [-0.2, -0.15) is 22.7 Å². The van der Waals surface area contributed by atoms with Gasteiger partial charge in [0, 0.05) is 6.07 Å². The largest absolute Gasteiger partial charge is 0.494 e. The molecule has 170 valence electrons. The normalized spacial score (nSPS) is 19.2. The number of benzene rings is 1. The number of anilines is 1. The number of carbonyl (C=O) groups excluding carboxylic acids is 1. The first kappa shape index (κ1) is 22.0. The summed E-state index contributed by atoms with van der Waals surface area (Å²) in [7, 11) is 1.37. The molecule has 10 heteroatoms. The molecular formula is C22H22F4N4O2. The highest BCUT2D eigenvalue weighted by Crippen LogP contribution is 2.36. The number of hydrogen-bond acceptors (Lipinski definition) is 4. The predicted octanol–water partition coefficient (Wildman–Crippen LogP) is 5.60. The van der Waals surface area contributed by atoms with E-state index in [2.05, 4.69) is 22.3 Å². The van der Waals surface area contributed by atoms with Gasteiger partial charge >= 0.3 is 6.18 Å².